The number of thioether (sulfide) groups is 1. The summed E-state index contributed by atoms with van der Waals surface area (Å²) in [5.74, 6) is 0.865. The van der Waals surface area contributed by atoms with Crippen LogP contribution >= 0.6 is 11.8 Å². The zero-order chi connectivity index (χ0) is 7.23. The lowest BCUT2D eigenvalue weighted by Gasteiger charge is -1.94. The van der Waals surface area contributed by atoms with E-state index in [4.69, 9.17) is 0 Å². The standard InChI is InChI=1S/C9H9S/c1-2-8-10-9-6-4-3-5-7-9/h3-7H,1,8H2. The summed E-state index contributed by atoms with van der Waals surface area (Å²) in [6, 6.07) is 10.3. The second kappa shape index (κ2) is 4.18. The lowest BCUT2D eigenvalue weighted by atomic mass is 10.4. The maximum atomic E-state index is 3.53. The van der Waals surface area contributed by atoms with Gasteiger partial charge in [-0.05, 0) is 18.2 Å². The smallest absolute Gasteiger partial charge is 0.0228 e. The first-order valence-corrected chi connectivity index (χ1v) is 4.10. The van der Waals surface area contributed by atoms with Crippen molar-refractivity contribution in [1.29, 1.82) is 0 Å². The summed E-state index contributed by atoms with van der Waals surface area (Å²) in [6.45, 7) is 3.53. The quantitative estimate of drug-likeness (QED) is 0.595. The van der Waals surface area contributed by atoms with Crippen molar-refractivity contribution in [1.82, 2.24) is 0 Å². The fraction of sp³-hybridized carbons (Fsp3) is 0.111. The van der Waals surface area contributed by atoms with Gasteiger partial charge in [-0.1, -0.05) is 24.8 Å². The summed E-state index contributed by atoms with van der Waals surface area (Å²) in [7, 11) is 0. The van der Waals surface area contributed by atoms with E-state index in [1.54, 1.807) is 11.8 Å². The summed E-state index contributed by atoms with van der Waals surface area (Å²) in [6.07, 6.45) is 2.83. The minimum atomic E-state index is 0.865. The molecule has 1 heteroatoms. The fourth-order valence-corrected chi connectivity index (χ4v) is 1.27. The average Bonchev–Trinajstić information content (AvgIpc) is 2.03. The van der Waals surface area contributed by atoms with Crippen molar-refractivity contribution >= 4 is 11.8 Å². The molecule has 0 amide bonds. The third kappa shape index (κ3) is 2.28. The van der Waals surface area contributed by atoms with Crippen molar-refractivity contribution in [3.63, 3.8) is 0 Å². The molecule has 51 valence electrons. The van der Waals surface area contributed by atoms with E-state index in [-0.39, 0.29) is 0 Å². The van der Waals surface area contributed by atoms with Crippen molar-refractivity contribution in [2.24, 2.45) is 0 Å². The molecular weight excluding hydrogens is 140 g/mol. The van der Waals surface area contributed by atoms with E-state index < -0.39 is 0 Å². The highest BCUT2D eigenvalue weighted by Crippen LogP contribution is 2.15. The summed E-state index contributed by atoms with van der Waals surface area (Å²) < 4.78 is 0. The van der Waals surface area contributed by atoms with E-state index in [9.17, 15) is 0 Å². The molecule has 0 saturated carbocycles. The summed E-state index contributed by atoms with van der Waals surface area (Å²) in [4.78, 5) is 1.28. The van der Waals surface area contributed by atoms with Crippen LogP contribution in [-0.4, -0.2) is 5.75 Å². The molecule has 0 saturated heterocycles. The average molecular weight is 149 g/mol. The van der Waals surface area contributed by atoms with Gasteiger partial charge in [0.05, 0.1) is 0 Å². The zero-order valence-electron chi connectivity index (χ0n) is 5.71. The molecule has 10 heavy (non-hydrogen) atoms. The number of benzene rings is 1. The van der Waals surface area contributed by atoms with Gasteiger partial charge in [-0.25, -0.2) is 0 Å². The van der Waals surface area contributed by atoms with E-state index in [0.29, 0.717) is 0 Å². The van der Waals surface area contributed by atoms with Crippen LogP contribution in [0.5, 0.6) is 0 Å². The monoisotopic (exact) mass is 149 g/mol. The molecule has 0 nitrogen and oxygen atoms in total. The van der Waals surface area contributed by atoms with Gasteiger partial charge in [0.2, 0.25) is 0 Å². The topological polar surface area (TPSA) is 0 Å². The lowest BCUT2D eigenvalue weighted by molar-refractivity contribution is 1.46. The van der Waals surface area contributed by atoms with Gasteiger partial charge in [0.15, 0.2) is 0 Å². The Morgan fingerprint density at radius 3 is 2.60 bits per heavy atom. The molecule has 0 aliphatic carbocycles. The van der Waals surface area contributed by atoms with Crippen molar-refractivity contribution in [2.75, 3.05) is 5.75 Å². The molecular formula is C9H9S. The minimum Gasteiger partial charge on any atom is -0.121 e. The maximum absolute atomic E-state index is 3.53. The van der Waals surface area contributed by atoms with Crippen molar-refractivity contribution in [2.45, 2.75) is 4.90 Å². The third-order valence-electron chi connectivity index (χ3n) is 1.08. The van der Waals surface area contributed by atoms with Crippen LogP contribution in [0.1, 0.15) is 0 Å². The van der Waals surface area contributed by atoms with Crippen LogP contribution in [0.25, 0.3) is 0 Å². The van der Waals surface area contributed by atoms with E-state index in [1.807, 2.05) is 18.2 Å². The first-order valence-electron chi connectivity index (χ1n) is 3.11. The van der Waals surface area contributed by atoms with E-state index >= 15 is 0 Å². The first-order chi connectivity index (χ1) is 4.93. The van der Waals surface area contributed by atoms with Gasteiger partial charge in [-0.15, -0.1) is 11.8 Å². The van der Waals surface area contributed by atoms with Gasteiger partial charge in [0.1, 0.15) is 0 Å². The predicted molar refractivity (Wildman–Crippen MR) is 46.0 cm³/mol. The highest BCUT2D eigenvalue weighted by atomic mass is 32.2. The molecule has 0 spiro atoms. The molecule has 0 unspecified atom stereocenters. The van der Waals surface area contributed by atoms with Gasteiger partial charge in [0.25, 0.3) is 0 Å². The van der Waals surface area contributed by atoms with Crippen LogP contribution in [-0.2, 0) is 0 Å². The Labute approximate surface area is 66.0 Å². The molecule has 0 heterocycles. The molecule has 0 atom stereocenters. The van der Waals surface area contributed by atoms with Gasteiger partial charge in [0, 0.05) is 10.6 Å². The van der Waals surface area contributed by atoms with Gasteiger partial charge in [-0.3, -0.25) is 0 Å². The van der Waals surface area contributed by atoms with Crippen LogP contribution in [0.2, 0.25) is 0 Å². The Morgan fingerprint density at radius 2 is 2.00 bits per heavy atom. The molecule has 1 rings (SSSR count). The zero-order valence-corrected chi connectivity index (χ0v) is 6.53. The van der Waals surface area contributed by atoms with Crippen LogP contribution in [0.4, 0.5) is 0 Å². The molecule has 0 aromatic heterocycles. The number of hydrogen-bond acceptors (Lipinski definition) is 1. The molecule has 1 radical (unpaired) electrons. The lowest BCUT2D eigenvalue weighted by Crippen LogP contribution is -1.70. The normalized spacial score (nSPS) is 9.20. The SMILES string of the molecule is C=[C]CSc1ccccc1. The fourth-order valence-electron chi connectivity index (χ4n) is 0.651. The van der Waals surface area contributed by atoms with E-state index in [1.165, 1.54) is 4.90 Å². The largest absolute Gasteiger partial charge is 0.121 e. The van der Waals surface area contributed by atoms with E-state index in [0.717, 1.165) is 5.75 Å². The van der Waals surface area contributed by atoms with E-state index in [2.05, 4.69) is 24.8 Å². The molecule has 0 N–H and O–H groups in total. The van der Waals surface area contributed by atoms with Crippen LogP contribution in [0.3, 0.4) is 0 Å². The summed E-state index contributed by atoms with van der Waals surface area (Å²) in [5, 5.41) is 0. The van der Waals surface area contributed by atoms with Crippen LogP contribution in [0.15, 0.2) is 41.8 Å². The van der Waals surface area contributed by atoms with Gasteiger partial charge in [-0.2, -0.15) is 0 Å². The molecule has 0 fully saturated rings. The Kier molecular flexibility index (Phi) is 3.10. The van der Waals surface area contributed by atoms with Gasteiger partial charge >= 0.3 is 0 Å². The maximum Gasteiger partial charge on any atom is 0.0228 e. The Balaban J connectivity index is 2.50. The Morgan fingerprint density at radius 1 is 1.30 bits per heavy atom. The van der Waals surface area contributed by atoms with Crippen molar-refractivity contribution < 1.29 is 0 Å². The Hall–Kier alpha value is -0.690. The molecule has 0 aliphatic rings. The predicted octanol–water partition coefficient (Wildman–Crippen LogP) is 2.77. The second-order valence-corrected chi connectivity index (χ2v) is 2.90. The molecule has 1 aromatic carbocycles. The molecule has 1 aromatic rings. The third-order valence-corrected chi connectivity index (χ3v) is 2.04. The summed E-state index contributed by atoms with van der Waals surface area (Å²) >= 11 is 1.75. The second-order valence-electron chi connectivity index (χ2n) is 1.85. The van der Waals surface area contributed by atoms with Crippen LogP contribution in [0, 0.1) is 6.08 Å². The molecule has 0 aliphatic heterocycles. The summed E-state index contributed by atoms with van der Waals surface area (Å²) in [5.41, 5.74) is 0. The van der Waals surface area contributed by atoms with Crippen molar-refractivity contribution in [3.05, 3.63) is 43.0 Å². The number of rotatable bonds is 3. The number of hydrogen-bond donors (Lipinski definition) is 0. The first kappa shape index (κ1) is 7.42. The van der Waals surface area contributed by atoms with Gasteiger partial charge < -0.3 is 0 Å². The highest BCUT2D eigenvalue weighted by molar-refractivity contribution is 7.99. The molecule has 0 bridgehead atoms. The Bertz CT molecular complexity index is 191. The van der Waals surface area contributed by atoms with Crippen molar-refractivity contribution in [3.8, 4) is 0 Å². The van der Waals surface area contributed by atoms with Crippen LogP contribution < -0.4 is 0 Å². The minimum absolute atomic E-state index is 0.865. The highest BCUT2D eigenvalue weighted by Gasteiger charge is 1.86.